The first-order valence-corrected chi connectivity index (χ1v) is 13.8. The molecule has 0 aromatic carbocycles. The Morgan fingerprint density at radius 1 is 1.23 bits per heavy atom. The average molecular weight is 499 g/mol. The van der Waals surface area contributed by atoms with E-state index in [1.165, 1.54) is 11.8 Å². The van der Waals surface area contributed by atoms with E-state index in [4.69, 9.17) is 14.5 Å². The van der Waals surface area contributed by atoms with E-state index in [2.05, 4.69) is 15.2 Å². The molecular formula is C25H31FN6O2S. The maximum Gasteiger partial charge on any atom is 0.185 e. The molecule has 6 rings (SSSR count). The van der Waals surface area contributed by atoms with Crippen molar-refractivity contribution in [2.45, 2.75) is 87.0 Å². The average Bonchev–Trinajstić information content (AvgIpc) is 3.57. The number of thioether (sulfide) groups is 1. The molecule has 186 valence electrons. The molecule has 4 heterocycles. The zero-order chi connectivity index (χ0) is 24.3. The minimum atomic E-state index is -0.901. The molecule has 1 saturated carbocycles. The summed E-state index contributed by atoms with van der Waals surface area (Å²) in [5.41, 5.74) is 1.73. The lowest BCUT2D eigenvalue weighted by atomic mass is 9.64. The normalized spacial score (nSPS) is 28.2. The van der Waals surface area contributed by atoms with Gasteiger partial charge in [0.15, 0.2) is 22.9 Å². The van der Waals surface area contributed by atoms with Crippen molar-refractivity contribution in [3.63, 3.8) is 0 Å². The van der Waals surface area contributed by atoms with Gasteiger partial charge in [0.1, 0.15) is 17.0 Å². The zero-order valence-electron chi connectivity index (χ0n) is 20.5. The van der Waals surface area contributed by atoms with Gasteiger partial charge in [-0.25, -0.2) is 19.0 Å². The molecule has 1 unspecified atom stereocenters. The molecule has 1 spiro atoms. The number of alkyl halides is 1. The van der Waals surface area contributed by atoms with Crippen LogP contribution in [0.3, 0.4) is 0 Å². The van der Waals surface area contributed by atoms with Gasteiger partial charge in [0, 0.05) is 18.5 Å². The van der Waals surface area contributed by atoms with Crippen LogP contribution >= 0.6 is 11.8 Å². The molecule has 0 bridgehead atoms. The largest absolute Gasteiger partial charge is 0.359 e. The van der Waals surface area contributed by atoms with Crippen LogP contribution in [0, 0.1) is 0 Å². The van der Waals surface area contributed by atoms with Crippen LogP contribution in [0.25, 0.3) is 22.6 Å². The summed E-state index contributed by atoms with van der Waals surface area (Å²) in [4.78, 5) is 24.9. The van der Waals surface area contributed by atoms with Gasteiger partial charge in [-0.05, 0) is 58.8 Å². The van der Waals surface area contributed by atoms with Gasteiger partial charge in [0.2, 0.25) is 0 Å². The van der Waals surface area contributed by atoms with Crippen LogP contribution in [0.5, 0.6) is 0 Å². The fraction of sp³-hybridized carbons (Fsp3) is 0.640. The summed E-state index contributed by atoms with van der Waals surface area (Å²) >= 11 is 1.53. The number of hydrogen-bond acceptors (Lipinski definition) is 8. The molecule has 1 saturated heterocycles. The van der Waals surface area contributed by atoms with Crippen molar-refractivity contribution in [1.29, 1.82) is 0 Å². The van der Waals surface area contributed by atoms with Crippen molar-refractivity contribution in [3.8, 4) is 11.5 Å². The number of likely N-dealkylation sites (N-methyl/N-ethyl adjacent to an activating group) is 1. The van der Waals surface area contributed by atoms with Gasteiger partial charge in [-0.1, -0.05) is 11.6 Å². The first-order valence-electron chi connectivity index (χ1n) is 12.6. The van der Waals surface area contributed by atoms with Crippen LogP contribution in [0.1, 0.15) is 69.2 Å². The van der Waals surface area contributed by atoms with Gasteiger partial charge >= 0.3 is 0 Å². The van der Waals surface area contributed by atoms with Crippen molar-refractivity contribution in [2.24, 2.45) is 0 Å². The van der Waals surface area contributed by atoms with Crippen LogP contribution in [-0.2, 0) is 16.6 Å². The molecule has 2 fully saturated rings. The molecule has 0 radical (unpaired) electrons. The molecule has 8 nitrogen and oxygen atoms in total. The highest BCUT2D eigenvalue weighted by atomic mass is 32.2. The van der Waals surface area contributed by atoms with E-state index in [1.54, 1.807) is 6.20 Å². The van der Waals surface area contributed by atoms with Crippen molar-refractivity contribution < 1.29 is 13.7 Å². The minimum Gasteiger partial charge on any atom is -0.359 e. The Morgan fingerprint density at radius 3 is 2.80 bits per heavy atom. The maximum absolute atomic E-state index is 14.8. The lowest BCUT2D eigenvalue weighted by molar-refractivity contribution is -0.128. The van der Waals surface area contributed by atoms with Gasteiger partial charge < -0.3 is 4.52 Å². The Balaban J connectivity index is 1.46. The molecule has 3 aromatic heterocycles. The fourth-order valence-corrected chi connectivity index (χ4v) is 7.11. The molecule has 35 heavy (non-hydrogen) atoms. The van der Waals surface area contributed by atoms with Crippen molar-refractivity contribution >= 4 is 28.6 Å². The Kier molecular flexibility index (Phi) is 5.71. The monoisotopic (exact) mass is 498 g/mol. The maximum atomic E-state index is 14.8. The highest BCUT2D eigenvalue weighted by molar-refractivity contribution is 7.98. The molecule has 4 atom stereocenters. The molecule has 0 N–H and O–H groups in total. The summed E-state index contributed by atoms with van der Waals surface area (Å²) in [7, 11) is 1.96. The third-order valence-corrected chi connectivity index (χ3v) is 9.08. The van der Waals surface area contributed by atoms with E-state index in [0.717, 1.165) is 66.8 Å². The second kappa shape index (κ2) is 8.65. The third-order valence-electron chi connectivity index (χ3n) is 8.39. The molecule has 3 aliphatic rings. The van der Waals surface area contributed by atoms with Gasteiger partial charge in [-0.15, -0.1) is 11.8 Å². The quantitative estimate of drug-likeness (QED) is 0.383. The number of Topliss-reactive ketones (excluding diaryl/α,β-unsaturated/α-hetero) is 1. The summed E-state index contributed by atoms with van der Waals surface area (Å²) in [6.07, 6.45) is 9.34. The Morgan fingerprint density at radius 2 is 2.06 bits per heavy atom. The third kappa shape index (κ3) is 3.47. The van der Waals surface area contributed by atoms with E-state index >= 15 is 0 Å². The highest BCUT2D eigenvalue weighted by Gasteiger charge is 2.48. The number of likely N-dealkylation sites (tertiary alicyclic amines) is 1. The van der Waals surface area contributed by atoms with E-state index < -0.39 is 11.6 Å². The second-order valence-electron chi connectivity index (χ2n) is 10.3. The number of halogens is 1. The smallest absolute Gasteiger partial charge is 0.185 e. The van der Waals surface area contributed by atoms with Crippen molar-refractivity contribution in [3.05, 3.63) is 17.5 Å². The first kappa shape index (κ1) is 23.1. The lowest BCUT2D eigenvalue weighted by Crippen LogP contribution is -2.41. The summed E-state index contributed by atoms with van der Waals surface area (Å²) in [5, 5.41) is 10.7. The number of carbonyl (C=O) groups excluding carboxylic acids is 1. The van der Waals surface area contributed by atoms with Gasteiger partial charge in [0.25, 0.3) is 0 Å². The first-order chi connectivity index (χ1) is 16.9. The van der Waals surface area contributed by atoms with Gasteiger partial charge in [-0.3, -0.25) is 9.69 Å². The molecule has 0 amide bonds. The lowest BCUT2D eigenvalue weighted by Gasteiger charge is -2.36. The second-order valence-corrected chi connectivity index (χ2v) is 11.1. The minimum absolute atomic E-state index is 0.193. The number of nitrogens with zero attached hydrogens (tertiary/aromatic N) is 6. The van der Waals surface area contributed by atoms with E-state index in [9.17, 15) is 9.18 Å². The number of ketones is 1. The predicted molar refractivity (Wildman–Crippen MR) is 131 cm³/mol. The van der Waals surface area contributed by atoms with Crippen LogP contribution in [0.2, 0.25) is 0 Å². The van der Waals surface area contributed by atoms with Gasteiger partial charge in [-0.2, -0.15) is 5.10 Å². The molecule has 3 aromatic rings. The topological polar surface area (TPSA) is 89.9 Å². The molecule has 1 aliphatic heterocycles. The van der Waals surface area contributed by atoms with Crippen molar-refractivity contribution in [2.75, 3.05) is 19.8 Å². The van der Waals surface area contributed by atoms with Crippen molar-refractivity contribution in [1.82, 2.24) is 29.8 Å². The SMILES string of the molecule is CSc1nc(-c2noc3c2CCC[C@@]32CCCCC2=O)nc2c1cnn2C(C)[C@@H]1[C@@H](F)CCN1C. The van der Waals surface area contributed by atoms with E-state index in [-0.39, 0.29) is 17.9 Å². The van der Waals surface area contributed by atoms with Crippen LogP contribution in [0.15, 0.2) is 15.7 Å². The zero-order valence-corrected chi connectivity index (χ0v) is 21.3. The van der Waals surface area contributed by atoms with E-state index in [0.29, 0.717) is 30.0 Å². The number of carbonyl (C=O) groups is 1. The predicted octanol–water partition coefficient (Wildman–Crippen LogP) is 4.52. The summed E-state index contributed by atoms with van der Waals surface area (Å²) < 4.78 is 22.5. The Labute approximate surface area is 208 Å². The number of rotatable bonds is 4. The molecule has 10 heteroatoms. The molecule has 2 aliphatic carbocycles. The number of fused-ring (bicyclic) bond motifs is 3. The number of hydrogen-bond donors (Lipinski definition) is 0. The number of aromatic nitrogens is 5. The molecular weight excluding hydrogens is 467 g/mol. The Hall–Kier alpha value is -2.33. The van der Waals surface area contributed by atoms with Crippen LogP contribution < -0.4 is 0 Å². The standard InChI is InChI=1S/C25H31FN6O2S/c1-14(20-17(26)9-12-31(20)2)32-23-16(13-27-32)24(35-3)29-22(28-23)19-15-7-6-11-25(21(15)34-30-19)10-5-4-8-18(25)33/h13-14,17,20H,4-12H2,1-3H3/t14?,17-,20+,25+/m0/s1. The summed E-state index contributed by atoms with van der Waals surface area (Å²) in [6.45, 7) is 2.74. The summed E-state index contributed by atoms with van der Waals surface area (Å²) in [5.74, 6) is 1.49. The Bertz CT molecular complexity index is 1280. The van der Waals surface area contributed by atoms with Crippen LogP contribution in [-0.4, -0.2) is 67.6 Å². The van der Waals surface area contributed by atoms with Crippen LogP contribution in [0.4, 0.5) is 4.39 Å². The fourth-order valence-electron chi connectivity index (χ4n) is 6.57. The highest BCUT2D eigenvalue weighted by Crippen LogP contribution is 2.47. The summed E-state index contributed by atoms with van der Waals surface area (Å²) in [6, 6.07) is -0.451. The van der Waals surface area contributed by atoms with Gasteiger partial charge in [0.05, 0.1) is 29.1 Å². The van der Waals surface area contributed by atoms with E-state index in [1.807, 2.05) is 24.9 Å².